The molecule has 2 aromatic rings. The molecule has 0 spiro atoms. The van der Waals surface area contributed by atoms with E-state index in [2.05, 4.69) is 17.1 Å². The molecule has 5 heteroatoms. The third-order valence-corrected chi connectivity index (χ3v) is 4.02. The lowest BCUT2D eigenvalue weighted by Gasteiger charge is -2.17. The minimum atomic E-state index is -4.40. The van der Waals surface area contributed by atoms with Crippen molar-refractivity contribution in [2.24, 2.45) is 0 Å². The van der Waals surface area contributed by atoms with Gasteiger partial charge in [-0.15, -0.1) is 0 Å². The van der Waals surface area contributed by atoms with Gasteiger partial charge < -0.3 is 0 Å². The van der Waals surface area contributed by atoms with E-state index in [0.717, 1.165) is 30.8 Å². The molecule has 0 unspecified atom stereocenters. The van der Waals surface area contributed by atoms with Crippen molar-refractivity contribution in [3.63, 3.8) is 0 Å². The van der Waals surface area contributed by atoms with Crippen LogP contribution in [0, 0.1) is 0 Å². The van der Waals surface area contributed by atoms with Crippen LogP contribution >= 0.6 is 0 Å². The zero-order valence-electron chi connectivity index (χ0n) is 12.9. The summed E-state index contributed by atoms with van der Waals surface area (Å²) in [6.07, 6.45) is -0.261. The average Bonchev–Trinajstić information content (AvgIpc) is 3.07. The molecule has 0 atom stereocenters. The third kappa shape index (κ3) is 3.57. The summed E-state index contributed by atoms with van der Waals surface area (Å²) in [5.41, 5.74) is 0.917. The van der Waals surface area contributed by atoms with Crippen molar-refractivity contribution in [3.05, 3.63) is 82.9 Å². The lowest BCUT2D eigenvalue weighted by Crippen LogP contribution is -2.21. The number of nitrogens with zero attached hydrogens (tertiary/aromatic N) is 1. The largest absolute Gasteiger partial charge is 0.416 e. The Balaban J connectivity index is 1.84. The van der Waals surface area contributed by atoms with Crippen LogP contribution in [-0.2, 0) is 12.7 Å². The van der Waals surface area contributed by atoms with Crippen molar-refractivity contribution in [1.82, 2.24) is 4.90 Å². The highest BCUT2D eigenvalue weighted by Gasteiger charge is 2.30. The Morgan fingerprint density at radius 1 is 0.958 bits per heavy atom. The monoisotopic (exact) mass is 331 g/mol. The van der Waals surface area contributed by atoms with Crippen molar-refractivity contribution >= 4 is 5.78 Å². The van der Waals surface area contributed by atoms with Gasteiger partial charge in [-0.05, 0) is 17.7 Å². The van der Waals surface area contributed by atoms with Crippen LogP contribution < -0.4 is 0 Å². The molecule has 2 aromatic carbocycles. The van der Waals surface area contributed by atoms with E-state index in [1.165, 1.54) is 12.1 Å². The van der Waals surface area contributed by atoms with E-state index in [9.17, 15) is 18.0 Å². The van der Waals surface area contributed by atoms with Gasteiger partial charge in [0.1, 0.15) is 0 Å². The smallest absolute Gasteiger partial charge is 0.292 e. The molecule has 0 fully saturated rings. The van der Waals surface area contributed by atoms with Gasteiger partial charge in [0.2, 0.25) is 0 Å². The minimum absolute atomic E-state index is 0.258. The summed E-state index contributed by atoms with van der Waals surface area (Å²) in [6.45, 7) is 2.31. The Bertz CT molecular complexity index is 755. The van der Waals surface area contributed by atoms with Crippen molar-refractivity contribution in [2.75, 3.05) is 13.1 Å². The van der Waals surface area contributed by atoms with Crippen molar-refractivity contribution < 1.29 is 18.0 Å². The summed E-state index contributed by atoms with van der Waals surface area (Å²) in [5, 5.41) is 0. The SMILES string of the molecule is O=C(c1ccc(C(F)(F)F)cc1)c1ccccc1CN1CC=CC1. The molecule has 0 bridgehead atoms. The predicted molar refractivity (Wildman–Crippen MR) is 85.7 cm³/mol. The summed E-state index contributed by atoms with van der Waals surface area (Å²) < 4.78 is 37.9. The summed E-state index contributed by atoms with van der Waals surface area (Å²) in [7, 11) is 0. The van der Waals surface area contributed by atoms with Gasteiger partial charge >= 0.3 is 6.18 Å². The number of carbonyl (C=O) groups excluding carboxylic acids is 1. The Kier molecular flexibility index (Phi) is 4.53. The molecule has 0 saturated carbocycles. The Hall–Kier alpha value is -2.40. The topological polar surface area (TPSA) is 20.3 Å². The first kappa shape index (κ1) is 16.5. The molecule has 3 rings (SSSR count). The van der Waals surface area contributed by atoms with Crippen molar-refractivity contribution in [2.45, 2.75) is 12.7 Å². The van der Waals surface area contributed by atoms with Crippen LogP contribution in [0.4, 0.5) is 13.2 Å². The number of carbonyl (C=O) groups is 1. The maximum atomic E-state index is 12.7. The minimum Gasteiger partial charge on any atom is -0.292 e. The number of hydrogen-bond donors (Lipinski definition) is 0. The maximum absolute atomic E-state index is 12.7. The van der Waals surface area contributed by atoms with Gasteiger partial charge in [-0.2, -0.15) is 13.2 Å². The van der Waals surface area contributed by atoms with E-state index in [1.807, 2.05) is 12.1 Å². The number of alkyl halides is 3. The summed E-state index contributed by atoms with van der Waals surface area (Å²) in [5.74, 6) is -0.258. The Morgan fingerprint density at radius 2 is 1.58 bits per heavy atom. The van der Waals surface area contributed by atoms with Gasteiger partial charge in [0.05, 0.1) is 5.56 Å². The fourth-order valence-corrected chi connectivity index (χ4v) is 2.74. The zero-order chi connectivity index (χ0) is 17.2. The lowest BCUT2D eigenvalue weighted by molar-refractivity contribution is -0.137. The molecule has 124 valence electrons. The summed E-state index contributed by atoms with van der Waals surface area (Å²) in [4.78, 5) is 14.9. The second-order valence-corrected chi connectivity index (χ2v) is 5.73. The van der Waals surface area contributed by atoms with E-state index in [-0.39, 0.29) is 11.3 Å². The van der Waals surface area contributed by atoms with Gasteiger partial charge in [0.15, 0.2) is 5.78 Å². The Labute approximate surface area is 138 Å². The Morgan fingerprint density at radius 3 is 2.21 bits per heavy atom. The summed E-state index contributed by atoms with van der Waals surface area (Å²) in [6, 6.07) is 11.6. The molecule has 2 nitrogen and oxygen atoms in total. The molecule has 0 aliphatic carbocycles. The molecule has 0 amide bonds. The lowest BCUT2D eigenvalue weighted by atomic mass is 9.97. The quantitative estimate of drug-likeness (QED) is 0.615. The van der Waals surface area contributed by atoms with Crippen LogP contribution in [0.1, 0.15) is 27.0 Å². The standard InChI is InChI=1S/C19H16F3NO/c20-19(21,22)16-9-7-14(8-10-16)18(24)17-6-2-1-5-15(17)13-23-11-3-4-12-23/h1-10H,11-13H2. The number of halogens is 3. The van der Waals surface area contributed by atoms with Gasteiger partial charge in [-0.3, -0.25) is 9.69 Å². The first-order valence-corrected chi connectivity index (χ1v) is 7.62. The van der Waals surface area contributed by atoms with Crippen LogP contribution in [0.25, 0.3) is 0 Å². The highest BCUT2D eigenvalue weighted by Crippen LogP contribution is 2.29. The van der Waals surface area contributed by atoms with Crippen LogP contribution in [0.2, 0.25) is 0 Å². The normalized spacial score (nSPS) is 15.0. The second kappa shape index (κ2) is 6.61. The fraction of sp³-hybridized carbons (Fsp3) is 0.211. The first-order valence-electron chi connectivity index (χ1n) is 7.62. The van der Waals surface area contributed by atoms with Crippen LogP contribution in [0.15, 0.2) is 60.7 Å². The summed E-state index contributed by atoms with van der Waals surface area (Å²) >= 11 is 0. The van der Waals surface area contributed by atoms with Crippen LogP contribution in [-0.4, -0.2) is 23.8 Å². The molecule has 1 aliphatic heterocycles. The molecule has 0 aromatic heterocycles. The van der Waals surface area contributed by atoms with E-state index in [0.29, 0.717) is 12.1 Å². The van der Waals surface area contributed by atoms with E-state index < -0.39 is 11.7 Å². The van der Waals surface area contributed by atoms with Gasteiger partial charge in [0, 0.05) is 30.8 Å². The average molecular weight is 331 g/mol. The van der Waals surface area contributed by atoms with E-state index >= 15 is 0 Å². The number of hydrogen-bond acceptors (Lipinski definition) is 2. The van der Waals surface area contributed by atoms with E-state index in [1.54, 1.807) is 12.1 Å². The van der Waals surface area contributed by atoms with Gasteiger partial charge in [-0.1, -0.05) is 48.6 Å². The number of benzene rings is 2. The van der Waals surface area contributed by atoms with Crippen LogP contribution in [0.3, 0.4) is 0 Å². The molecule has 24 heavy (non-hydrogen) atoms. The third-order valence-electron chi connectivity index (χ3n) is 4.02. The fourth-order valence-electron chi connectivity index (χ4n) is 2.74. The number of rotatable bonds is 4. The zero-order valence-corrected chi connectivity index (χ0v) is 12.9. The molecular weight excluding hydrogens is 315 g/mol. The van der Waals surface area contributed by atoms with Gasteiger partial charge in [0.25, 0.3) is 0 Å². The highest BCUT2D eigenvalue weighted by atomic mass is 19.4. The second-order valence-electron chi connectivity index (χ2n) is 5.73. The number of ketones is 1. The van der Waals surface area contributed by atoms with E-state index in [4.69, 9.17) is 0 Å². The predicted octanol–water partition coefficient (Wildman–Crippen LogP) is 4.31. The molecule has 1 heterocycles. The molecular formula is C19H16F3NO. The molecule has 0 N–H and O–H groups in total. The van der Waals surface area contributed by atoms with Crippen LogP contribution in [0.5, 0.6) is 0 Å². The maximum Gasteiger partial charge on any atom is 0.416 e. The highest BCUT2D eigenvalue weighted by molar-refractivity contribution is 6.09. The molecule has 0 saturated heterocycles. The molecule has 1 aliphatic rings. The van der Waals surface area contributed by atoms with Crippen molar-refractivity contribution in [3.8, 4) is 0 Å². The van der Waals surface area contributed by atoms with Gasteiger partial charge in [-0.25, -0.2) is 0 Å². The molecule has 0 radical (unpaired) electrons. The van der Waals surface area contributed by atoms with Crippen molar-refractivity contribution in [1.29, 1.82) is 0 Å². The first-order chi connectivity index (χ1) is 11.4.